The van der Waals surface area contributed by atoms with Crippen molar-refractivity contribution in [3.8, 4) is 0 Å². The summed E-state index contributed by atoms with van der Waals surface area (Å²) in [6.07, 6.45) is 1.07. The number of hydrogen-bond donors (Lipinski definition) is 3. The van der Waals surface area contributed by atoms with Gasteiger partial charge in [0.2, 0.25) is 0 Å². The molecule has 3 heteroatoms. The Hall–Kier alpha value is -2.20. The number of nitrogens with two attached hydrogens (primary N) is 1. The lowest BCUT2D eigenvalue weighted by atomic mass is 10.0. The number of benzene rings is 3. The molecule has 3 rings (SSSR count). The number of nitrogens with one attached hydrogen (secondary N) is 1. The van der Waals surface area contributed by atoms with Crippen LogP contribution in [-0.4, -0.2) is 30.3 Å². The molecule has 0 aliphatic rings. The van der Waals surface area contributed by atoms with Gasteiger partial charge in [0.25, 0.3) is 0 Å². The predicted octanol–water partition coefficient (Wildman–Crippen LogP) is 2.90. The fourth-order valence-electron chi connectivity index (χ4n) is 3.16. The van der Waals surface area contributed by atoms with Crippen molar-refractivity contribution in [2.45, 2.75) is 25.0 Å². The van der Waals surface area contributed by atoms with E-state index in [2.05, 4.69) is 47.8 Å². The Morgan fingerprint density at radius 3 is 2.44 bits per heavy atom. The molecule has 0 aliphatic carbocycles. The maximum absolute atomic E-state index is 10.3. The summed E-state index contributed by atoms with van der Waals surface area (Å²) in [6.45, 7) is 1.34. The Bertz CT molecular complexity index is 783. The molecular weight excluding hydrogens is 308 g/mol. The van der Waals surface area contributed by atoms with Crippen molar-refractivity contribution in [3.05, 3.63) is 83.9 Å². The van der Waals surface area contributed by atoms with Gasteiger partial charge >= 0.3 is 0 Å². The van der Waals surface area contributed by atoms with Crippen LogP contribution in [0.4, 0.5) is 0 Å². The van der Waals surface area contributed by atoms with Crippen molar-refractivity contribution in [1.29, 1.82) is 0 Å². The molecule has 3 aromatic carbocycles. The molecule has 0 unspecified atom stereocenters. The predicted molar refractivity (Wildman–Crippen MR) is 105 cm³/mol. The van der Waals surface area contributed by atoms with Gasteiger partial charge in [-0.1, -0.05) is 72.8 Å². The van der Waals surface area contributed by atoms with Crippen molar-refractivity contribution in [3.63, 3.8) is 0 Å². The molecule has 4 N–H and O–H groups in total. The van der Waals surface area contributed by atoms with Gasteiger partial charge in [0.1, 0.15) is 0 Å². The Labute approximate surface area is 149 Å². The number of rotatable bonds is 8. The number of fused-ring (bicyclic) bond motifs is 1. The fourth-order valence-corrected chi connectivity index (χ4v) is 3.16. The van der Waals surface area contributed by atoms with Crippen molar-refractivity contribution in [2.24, 2.45) is 5.73 Å². The zero-order valence-electron chi connectivity index (χ0n) is 14.4. The molecule has 25 heavy (non-hydrogen) atoms. The van der Waals surface area contributed by atoms with Gasteiger partial charge in [-0.3, -0.25) is 0 Å². The van der Waals surface area contributed by atoms with E-state index in [9.17, 15) is 5.11 Å². The fraction of sp³-hybridized carbons (Fsp3) is 0.273. The second-order valence-corrected chi connectivity index (χ2v) is 6.51. The largest absolute Gasteiger partial charge is 0.390 e. The molecule has 0 spiro atoms. The summed E-state index contributed by atoms with van der Waals surface area (Å²) in [7, 11) is 0. The Balaban J connectivity index is 1.46. The van der Waals surface area contributed by atoms with Crippen molar-refractivity contribution in [1.82, 2.24) is 5.32 Å². The van der Waals surface area contributed by atoms with Crippen LogP contribution in [0.15, 0.2) is 72.8 Å². The van der Waals surface area contributed by atoms with E-state index in [0.717, 1.165) is 18.5 Å². The number of aliphatic hydroxyl groups is 1. The van der Waals surface area contributed by atoms with E-state index in [0.29, 0.717) is 13.0 Å². The van der Waals surface area contributed by atoms with Crippen LogP contribution in [0.1, 0.15) is 11.1 Å². The van der Waals surface area contributed by atoms with Crippen molar-refractivity contribution < 1.29 is 5.11 Å². The van der Waals surface area contributed by atoms with Gasteiger partial charge in [0.05, 0.1) is 6.10 Å². The molecule has 3 nitrogen and oxygen atoms in total. The van der Waals surface area contributed by atoms with Gasteiger partial charge < -0.3 is 16.2 Å². The van der Waals surface area contributed by atoms with Crippen molar-refractivity contribution in [2.75, 3.05) is 13.1 Å². The summed E-state index contributed by atoms with van der Waals surface area (Å²) in [4.78, 5) is 0. The minimum Gasteiger partial charge on any atom is -0.390 e. The van der Waals surface area contributed by atoms with E-state index in [1.807, 2.05) is 30.3 Å². The third-order valence-electron chi connectivity index (χ3n) is 4.61. The van der Waals surface area contributed by atoms with E-state index in [4.69, 9.17) is 5.73 Å². The highest BCUT2D eigenvalue weighted by Gasteiger charge is 2.14. The van der Waals surface area contributed by atoms with Crippen molar-refractivity contribution >= 4 is 10.8 Å². The summed E-state index contributed by atoms with van der Waals surface area (Å²) >= 11 is 0. The van der Waals surface area contributed by atoms with Crippen LogP contribution in [0, 0.1) is 0 Å². The SMILES string of the molecule is N[C@@H](Cc1ccccc1)[C@H](O)CNCCc1cccc2ccccc12. The topological polar surface area (TPSA) is 58.3 Å². The lowest BCUT2D eigenvalue weighted by Crippen LogP contribution is -2.43. The van der Waals surface area contributed by atoms with Gasteiger partial charge in [0, 0.05) is 12.6 Å². The standard InChI is InChI=1S/C22H26N2O/c23-21(15-17-7-2-1-3-8-17)22(25)16-24-14-13-19-11-6-10-18-9-4-5-12-20(18)19/h1-12,21-22,24-25H,13-16,23H2/t21-,22+/m0/s1. The summed E-state index contributed by atoms with van der Waals surface area (Å²) in [5, 5.41) is 16.2. The maximum atomic E-state index is 10.3. The van der Waals surface area contributed by atoms with Crippen LogP contribution in [0.3, 0.4) is 0 Å². The molecule has 0 saturated heterocycles. The quantitative estimate of drug-likeness (QED) is 0.555. The van der Waals surface area contributed by atoms with Gasteiger partial charge in [-0.25, -0.2) is 0 Å². The Morgan fingerprint density at radius 2 is 1.60 bits per heavy atom. The van der Waals surface area contributed by atoms with Crippen LogP contribution >= 0.6 is 0 Å². The first-order valence-electron chi connectivity index (χ1n) is 8.89. The van der Waals surface area contributed by atoms with Gasteiger partial charge in [0.15, 0.2) is 0 Å². The molecule has 0 aromatic heterocycles. The zero-order valence-corrected chi connectivity index (χ0v) is 14.4. The molecule has 3 aromatic rings. The lowest BCUT2D eigenvalue weighted by molar-refractivity contribution is 0.142. The molecule has 0 radical (unpaired) electrons. The smallest absolute Gasteiger partial charge is 0.0818 e. The highest BCUT2D eigenvalue weighted by molar-refractivity contribution is 5.85. The second kappa shape index (κ2) is 8.77. The average molecular weight is 334 g/mol. The van der Waals surface area contributed by atoms with Crippen LogP contribution in [-0.2, 0) is 12.8 Å². The molecule has 0 amide bonds. The molecular formula is C22H26N2O. The van der Waals surface area contributed by atoms with E-state index in [1.165, 1.54) is 16.3 Å². The monoisotopic (exact) mass is 334 g/mol. The Kier molecular flexibility index (Phi) is 6.18. The van der Waals surface area contributed by atoms with Crippen LogP contribution in [0.5, 0.6) is 0 Å². The molecule has 0 aliphatic heterocycles. The molecule has 0 saturated carbocycles. The Morgan fingerprint density at radius 1 is 0.880 bits per heavy atom. The van der Waals surface area contributed by atoms with E-state index < -0.39 is 6.10 Å². The highest BCUT2D eigenvalue weighted by atomic mass is 16.3. The minimum absolute atomic E-state index is 0.257. The van der Waals surface area contributed by atoms with E-state index in [-0.39, 0.29) is 6.04 Å². The second-order valence-electron chi connectivity index (χ2n) is 6.51. The van der Waals surface area contributed by atoms with Crippen LogP contribution in [0.2, 0.25) is 0 Å². The van der Waals surface area contributed by atoms with Gasteiger partial charge in [-0.05, 0) is 41.3 Å². The van der Waals surface area contributed by atoms with Crippen LogP contribution < -0.4 is 11.1 Å². The first kappa shape index (κ1) is 17.6. The van der Waals surface area contributed by atoms with E-state index in [1.54, 1.807) is 0 Å². The summed E-state index contributed by atoms with van der Waals surface area (Å²) in [5.41, 5.74) is 8.61. The first-order chi connectivity index (χ1) is 12.2. The van der Waals surface area contributed by atoms with Gasteiger partial charge in [-0.15, -0.1) is 0 Å². The third kappa shape index (κ3) is 4.89. The zero-order chi connectivity index (χ0) is 17.5. The molecule has 0 heterocycles. The van der Waals surface area contributed by atoms with Gasteiger partial charge in [-0.2, -0.15) is 0 Å². The lowest BCUT2D eigenvalue weighted by Gasteiger charge is -2.19. The molecule has 130 valence electrons. The average Bonchev–Trinajstić information content (AvgIpc) is 2.66. The highest BCUT2D eigenvalue weighted by Crippen LogP contribution is 2.18. The minimum atomic E-state index is -0.548. The van der Waals surface area contributed by atoms with Crippen LogP contribution in [0.25, 0.3) is 10.8 Å². The third-order valence-corrected chi connectivity index (χ3v) is 4.61. The number of aliphatic hydroxyl groups excluding tert-OH is 1. The summed E-state index contributed by atoms with van der Waals surface area (Å²) < 4.78 is 0. The molecule has 2 atom stereocenters. The molecule has 0 bridgehead atoms. The summed E-state index contributed by atoms with van der Waals surface area (Å²) in [6, 6.07) is 24.7. The van der Waals surface area contributed by atoms with E-state index >= 15 is 0 Å². The molecule has 0 fully saturated rings. The summed E-state index contributed by atoms with van der Waals surface area (Å²) in [5.74, 6) is 0. The maximum Gasteiger partial charge on any atom is 0.0818 e. The number of hydrogen-bond acceptors (Lipinski definition) is 3. The normalized spacial score (nSPS) is 13.7. The first-order valence-corrected chi connectivity index (χ1v) is 8.89.